The van der Waals surface area contributed by atoms with Crippen LogP contribution >= 0.6 is 0 Å². The molecule has 1 atom stereocenters. The lowest BCUT2D eigenvalue weighted by atomic mass is 9.83. The van der Waals surface area contributed by atoms with E-state index in [1.54, 1.807) is 7.11 Å². The highest BCUT2D eigenvalue weighted by atomic mass is 19.4. The van der Waals surface area contributed by atoms with Crippen LogP contribution in [0.2, 0.25) is 0 Å². The minimum Gasteiger partial charge on any atom is -0.464 e. The molecular weight excluding hydrogens is 349 g/mol. The van der Waals surface area contributed by atoms with Gasteiger partial charge in [-0.15, -0.1) is 0 Å². The number of amides is 1. The summed E-state index contributed by atoms with van der Waals surface area (Å²) in [4.78, 5) is 16.3. The van der Waals surface area contributed by atoms with Crippen LogP contribution < -0.4 is 10.1 Å². The van der Waals surface area contributed by atoms with Crippen molar-refractivity contribution in [3.8, 4) is 5.88 Å². The minimum atomic E-state index is -4.53. The first kappa shape index (κ1) is 20.5. The topological polar surface area (TPSA) is 60.5 Å². The van der Waals surface area contributed by atoms with Crippen molar-refractivity contribution < 1.29 is 27.4 Å². The summed E-state index contributed by atoms with van der Waals surface area (Å²) < 4.78 is 48.2. The Labute approximate surface area is 151 Å². The van der Waals surface area contributed by atoms with Crippen LogP contribution in [0.5, 0.6) is 5.88 Å². The second-order valence-electron chi connectivity index (χ2n) is 6.79. The van der Waals surface area contributed by atoms with E-state index in [-0.39, 0.29) is 16.9 Å². The van der Waals surface area contributed by atoms with Crippen LogP contribution in [0.15, 0.2) is 18.3 Å². The third kappa shape index (κ3) is 5.33. The van der Waals surface area contributed by atoms with Crippen molar-refractivity contribution in [2.75, 3.05) is 20.3 Å². The Morgan fingerprint density at radius 1 is 1.38 bits per heavy atom. The molecule has 0 bridgehead atoms. The van der Waals surface area contributed by atoms with Gasteiger partial charge in [-0.3, -0.25) is 4.79 Å². The predicted molar refractivity (Wildman–Crippen MR) is 90.1 cm³/mol. The first-order valence-corrected chi connectivity index (χ1v) is 8.73. The zero-order valence-corrected chi connectivity index (χ0v) is 15.1. The van der Waals surface area contributed by atoms with Crippen molar-refractivity contribution in [3.05, 3.63) is 23.9 Å². The Morgan fingerprint density at radius 3 is 2.69 bits per heavy atom. The average Bonchev–Trinajstić information content (AvgIpc) is 3.07. The molecule has 8 heteroatoms. The van der Waals surface area contributed by atoms with E-state index in [1.165, 1.54) is 18.3 Å². The Balaban J connectivity index is 2.05. The molecule has 1 amide bonds. The Bertz CT molecular complexity index is 602. The minimum absolute atomic E-state index is 0.00323. The largest absolute Gasteiger partial charge is 0.464 e. The molecule has 1 aromatic rings. The van der Waals surface area contributed by atoms with Crippen LogP contribution in [-0.2, 0) is 4.74 Å². The van der Waals surface area contributed by atoms with E-state index in [2.05, 4.69) is 10.3 Å². The number of nitrogens with one attached hydrogen (secondary N) is 1. The molecular formula is C18H25F3N2O3. The molecule has 1 saturated carbocycles. The van der Waals surface area contributed by atoms with E-state index < -0.39 is 18.2 Å². The summed E-state index contributed by atoms with van der Waals surface area (Å²) in [5.41, 5.74) is -0.0165. The van der Waals surface area contributed by atoms with Crippen LogP contribution in [-0.4, -0.2) is 43.4 Å². The maximum atomic E-state index is 12.7. The number of carbonyl (C=O) groups excluding carboxylic acids is 1. The second-order valence-corrected chi connectivity index (χ2v) is 6.79. The molecule has 1 aromatic heterocycles. The smallest absolute Gasteiger partial charge is 0.425 e. The highest BCUT2D eigenvalue weighted by molar-refractivity contribution is 5.96. The Kier molecular flexibility index (Phi) is 6.86. The van der Waals surface area contributed by atoms with Crippen LogP contribution in [0.1, 0.15) is 49.4 Å². The molecule has 0 aromatic carbocycles. The fourth-order valence-electron chi connectivity index (χ4n) is 3.21. The van der Waals surface area contributed by atoms with Crippen molar-refractivity contribution in [2.24, 2.45) is 5.41 Å². The SMILES string of the molecule is COCCC1(CNC(=O)c2cccnc2OC(C)C(F)(F)F)CCCC1. The standard InChI is InChI=1S/C18H25F3N2O3/c1-13(18(19,20)21)26-16-14(6-5-10-22-16)15(24)23-12-17(9-11-25-2)7-3-4-8-17/h5-6,10,13H,3-4,7-9,11-12H2,1-2H3,(H,23,24). The summed E-state index contributed by atoms with van der Waals surface area (Å²) in [7, 11) is 1.64. The molecule has 1 fully saturated rings. The average molecular weight is 374 g/mol. The molecule has 1 unspecified atom stereocenters. The molecule has 0 aliphatic heterocycles. The van der Waals surface area contributed by atoms with E-state index >= 15 is 0 Å². The van der Waals surface area contributed by atoms with Gasteiger partial charge >= 0.3 is 6.18 Å². The summed E-state index contributed by atoms with van der Waals surface area (Å²) in [5.74, 6) is -0.793. The molecule has 146 valence electrons. The van der Waals surface area contributed by atoms with Crippen LogP contribution in [0.3, 0.4) is 0 Å². The maximum absolute atomic E-state index is 12.7. The lowest BCUT2D eigenvalue weighted by Crippen LogP contribution is -2.37. The van der Waals surface area contributed by atoms with Gasteiger partial charge in [0.25, 0.3) is 5.91 Å². The zero-order valence-electron chi connectivity index (χ0n) is 15.1. The van der Waals surface area contributed by atoms with Crippen LogP contribution in [0.25, 0.3) is 0 Å². The summed E-state index contributed by atoms with van der Waals surface area (Å²) >= 11 is 0. The molecule has 5 nitrogen and oxygen atoms in total. The molecule has 26 heavy (non-hydrogen) atoms. The number of alkyl halides is 3. The summed E-state index contributed by atoms with van der Waals surface area (Å²) in [6, 6.07) is 2.91. The molecule has 1 aliphatic carbocycles. The normalized spacial score (nSPS) is 17.7. The number of nitrogens with zero attached hydrogens (tertiary/aromatic N) is 1. The summed E-state index contributed by atoms with van der Waals surface area (Å²) in [6.07, 6.45) is -0.243. The van der Waals surface area contributed by atoms with Gasteiger partial charge in [-0.25, -0.2) is 4.98 Å². The van der Waals surface area contributed by atoms with Crippen LogP contribution in [0, 0.1) is 5.41 Å². The van der Waals surface area contributed by atoms with Crippen molar-refractivity contribution in [2.45, 2.75) is 51.3 Å². The number of hydrogen-bond acceptors (Lipinski definition) is 4. The van der Waals surface area contributed by atoms with Crippen molar-refractivity contribution in [3.63, 3.8) is 0 Å². The quantitative estimate of drug-likeness (QED) is 0.753. The summed E-state index contributed by atoms with van der Waals surface area (Å²) in [5, 5.41) is 2.85. The van der Waals surface area contributed by atoms with E-state index in [9.17, 15) is 18.0 Å². The first-order valence-electron chi connectivity index (χ1n) is 8.73. The third-order valence-electron chi connectivity index (χ3n) is 4.89. The highest BCUT2D eigenvalue weighted by Gasteiger charge is 2.39. The van der Waals surface area contributed by atoms with Crippen molar-refractivity contribution in [1.82, 2.24) is 10.3 Å². The molecule has 1 N–H and O–H groups in total. The van der Waals surface area contributed by atoms with Gasteiger partial charge in [-0.05, 0) is 43.7 Å². The van der Waals surface area contributed by atoms with Gasteiger partial charge in [0.15, 0.2) is 6.10 Å². The van der Waals surface area contributed by atoms with Crippen molar-refractivity contribution >= 4 is 5.91 Å². The first-order chi connectivity index (χ1) is 12.3. The van der Waals surface area contributed by atoms with E-state index in [0.717, 1.165) is 39.0 Å². The number of pyridine rings is 1. The Hall–Kier alpha value is -1.83. The van der Waals surface area contributed by atoms with Gasteiger partial charge in [0.05, 0.1) is 0 Å². The van der Waals surface area contributed by atoms with Gasteiger partial charge in [0.2, 0.25) is 5.88 Å². The number of ether oxygens (including phenoxy) is 2. The molecule has 1 aliphatic rings. The second kappa shape index (κ2) is 8.70. The van der Waals surface area contributed by atoms with Gasteiger partial charge in [-0.2, -0.15) is 13.2 Å². The molecule has 0 saturated heterocycles. The number of hydrogen-bond donors (Lipinski definition) is 1. The van der Waals surface area contributed by atoms with Crippen molar-refractivity contribution in [1.29, 1.82) is 0 Å². The fourth-order valence-corrected chi connectivity index (χ4v) is 3.21. The highest BCUT2D eigenvalue weighted by Crippen LogP contribution is 2.40. The van der Waals surface area contributed by atoms with Crippen LogP contribution in [0.4, 0.5) is 13.2 Å². The van der Waals surface area contributed by atoms with E-state index in [0.29, 0.717) is 13.2 Å². The zero-order chi connectivity index (χ0) is 19.2. The lowest BCUT2D eigenvalue weighted by molar-refractivity contribution is -0.190. The number of halogens is 3. The van der Waals surface area contributed by atoms with E-state index in [1.807, 2.05) is 0 Å². The summed E-state index contributed by atoms with van der Waals surface area (Å²) in [6.45, 7) is 1.95. The molecule has 1 heterocycles. The number of aromatic nitrogens is 1. The maximum Gasteiger partial charge on any atom is 0.425 e. The fraction of sp³-hybridized carbons (Fsp3) is 0.667. The Morgan fingerprint density at radius 2 is 2.08 bits per heavy atom. The van der Waals surface area contributed by atoms with E-state index in [4.69, 9.17) is 9.47 Å². The lowest BCUT2D eigenvalue weighted by Gasteiger charge is -2.29. The molecule has 0 radical (unpaired) electrons. The predicted octanol–water partition coefficient (Wildman–Crippen LogP) is 3.74. The third-order valence-corrected chi connectivity index (χ3v) is 4.89. The van der Waals surface area contributed by atoms with Gasteiger partial charge in [0, 0.05) is 26.5 Å². The molecule has 0 spiro atoms. The van der Waals surface area contributed by atoms with Gasteiger partial charge in [-0.1, -0.05) is 12.8 Å². The van der Waals surface area contributed by atoms with Gasteiger partial charge in [0.1, 0.15) is 5.56 Å². The van der Waals surface area contributed by atoms with Gasteiger partial charge < -0.3 is 14.8 Å². The molecule has 2 rings (SSSR count). The number of methoxy groups -OCH3 is 1. The number of carbonyl (C=O) groups is 1. The monoisotopic (exact) mass is 374 g/mol. The number of rotatable bonds is 8.